The van der Waals surface area contributed by atoms with Crippen LogP contribution in [-0.4, -0.2) is 30.9 Å². The second-order valence-electron chi connectivity index (χ2n) is 7.55. The van der Waals surface area contributed by atoms with E-state index in [0.29, 0.717) is 17.1 Å². The van der Waals surface area contributed by atoms with E-state index in [1.165, 1.54) is 35.6 Å². The van der Waals surface area contributed by atoms with Crippen molar-refractivity contribution in [3.63, 3.8) is 0 Å². The molecule has 0 fully saturated rings. The Kier molecular flexibility index (Phi) is 6.28. The van der Waals surface area contributed by atoms with Crippen LogP contribution in [0.3, 0.4) is 0 Å². The van der Waals surface area contributed by atoms with Crippen LogP contribution in [-0.2, 0) is 17.1 Å². The van der Waals surface area contributed by atoms with Crippen LogP contribution in [0.15, 0.2) is 102 Å². The van der Waals surface area contributed by atoms with E-state index in [2.05, 4.69) is 10.3 Å². The molecule has 4 aromatic rings. The van der Waals surface area contributed by atoms with Gasteiger partial charge in [0.25, 0.3) is 15.9 Å². The van der Waals surface area contributed by atoms with Gasteiger partial charge in [-0.1, -0.05) is 48.5 Å². The predicted molar refractivity (Wildman–Crippen MR) is 127 cm³/mol. The van der Waals surface area contributed by atoms with Crippen LogP contribution in [0.2, 0.25) is 0 Å². The quantitative estimate of drug-likeness (QED) is 0.455. The third-order valence-corrected chi connectivity index (χ3v) is 7.22. The van der Waals surface area contributed by atoms with Crippen LogP contribution in [0.1, 0.15) is 27.8 Å². The van der Waals surface area contributed by atoms with E-state index in [4.69, 9.17) is 0 Å². The number of hydrogen-bond acceptors (Lipinski definition) is 4. The van der Waals surface area contributed by atoms with Crippen molar-refractivity contribution in [2.24, 2.45) is 7.05 Å². The third kappa shape index (κ3) is 4.65. The number of imidazole rings is 1. The minimum Gasteiger partial charge on any atom is -0.338 e. The molecule has 0 aliphatic carbocycles. The number of para-hydroxylation sites is 1. The monoisotopic (exact) mass is 460 g/mol. The standard InChI is InChI=1S/C25H24N4O3S/c1-28-18-17-26-24(28)23(19-9-5-3-6-10-19)27-25(30)20-13-15-22(16-14-20)33(31,32)29(2)21-11-7-4-8-12-21/h3-18,23H,1-2H3,(H,27,30). The molecule has 0 bridgehead atoms. The first-order chi connectivity index (χ1) is 15.9. The first kappa shape index (κ1) is 22.3. The maximum atomic E-state index is 13.0. The Morgan fingerprint density at radius 3 is 2.12 bits per heavy atom. The first-order valence-electron chi connectivity index (χ1n) is 10.3. The molecule has 0 spiro atoms. The van der Waals surface area contributed by atoms with Crippen molar-refractivity contribution in [1.82, 2.24) is 14.9 Å². The fourth-order valence-electron chi connectivity index (χ4n) is 3.53. The molecule has 1 heterocycles. The summed E-state index contributed by atoms with van der Waals surface area (Å²) in [5, 5.41) is 3.02. The maximum absolute atomic E-state index is 13.0. The van der Waals surface area contributed by atoms with Crippen LogP contribution >= 0.6 is 0 Å². The zero-order valence-corrected chi connectivity index (χ0v) is 19.1. The molecule has 1 aromatic heterocycles. The summed E-state index contributed by atoms with van der Waals surface area (Å²) < 4.78 is 29.0. The highest BCUT2D eigenvalue weighted by Crippen LogP contribution is 2.23. The van der Waals surface area contributed by atoms with Gasteiger partial charge >= 0.3 is 0 Å². The topological polar surface area (TPSA) is 84.3 Å². The minimum absolute atomic E-state index is 0.106. The van der Waals surface area contributed by atoms with Crippen molar-refractivity contribution < 1.29 is 13.2 Å². The normalized spacial score (nSPS) is 12.2. The Morgan fingerprint density at radius 2 is 1.55 bits per heavy atom. The first-order valence-corrected chi connectivity index (χ1v) is 11.8. The molecule has 1 unspecified atom stereocenters. The molecule has 0 saturated heterocycles. The summed E-state index contributed by atoms with van der Waals surface area (Å²) in [6.45, 7) is 0. The molecular weight excluding hydrogens is 436 g/mol. The summed E-state index contributed by atoms with van der Waals surface area (Å²) in [6.07, 6.45) is 3.50. The third-order valence-electron chi connectivity index (χ3n) is 5.42. The number of nitrogens with one attached hydrogen (secondary N) is 1. The van der Waals surface area contributed by atoms with Gasteiger partial charge in [0.2, 0.25) is 0 Å². The number of nitrogens with zero attached hydrogens (tertiary/aromatic N) is 3. The summed E-state index contributed by atoms with van der Waals surface area (Å²) in [7, 11) is -0.382. The van der Waals surface area contributed by atoms with E-state index in [-0.39, 0.29) is 10.8 Å². The maximum Gasteiger partial charge on any atom is 0.264 e. The number of rotatable bonds is 7. The average molecular weight is 461 g/mol. The molecule has 1 amide bonds. The zero-order chi connectivity index (χ0) is 23.4. The Bertz CT molecular complexity index is 1340. The second-order valence-corrected chi connectivity index (χ2v) is 9.52. The van der Waals surface area contributed by atoms with Gasteiger partial charge in [0.1, 0.15) is 11.9 Å². The summed E-state index contributed by atoms with van der Waals surface area (Å²) in [5.74, 6) is 0.366. The van der Waals surface area contributed by atoms with Crippen molar-refractivity contribution in [1.29, 1.82) is 0 Å². The van der Waals surface area contributed by atoms with Crippen molar-refractivity contribution >= 4 is 21.6 Å². The predicted octanol–water partition coefficient (Wildman–Crippen LogP) is 3.76. The highest BCUT2D eigenvalue weighted by Gasteiger charge is 2.23. The average Bonchev–Trinajstić information content (AvgIpc) is 3.28. The van der Waals surface area contributed by atoms with Crippen molar-refractivity contribution in [2.75, 3.05) is 11.4 Å². The Morgan fingerprint density at radius 1 is 0.939 bits per heavy atom. The van der Waals surface area contributed by atoms with Gasteiger partial charge in [0, 0.05) is 32.1 Å². The van der Waals surface area contributed by atoms with Crippen molar-refractivity contribution in [2.45, 2.75) is 10.9 Å². The molecule has 168 valence electrons. The fraction of sp³-hybridized carbons (Fsp3) is 0.120. The molecule has 7 nitrogen and oxygen atoms in total. The van der Waals surface area contributed by atoms with Gasteiger partial charge in [-0.25, -0.2) is 13.4 Å². The van der Waals surface area contributed by atoms with Crippen LogP contribution in [0, 0.1) is 0 Å². The molecule has 1 N–H and O–H groups in total. The molecule has 8 heteroatoms. The largest absolute Gasteiger partial charge is 0.338 e. The minimum atomic E-state index is -3.75. The number of carbonyl (C=O) groups excluding carboxylic acids is 1. The SMILES string of the molecule is CN(c1ccccc1)S(=O)(=O)c1ccc(C(=O)NC(c2ccccc2)c2nccn2C)cc1. The number of aryl methyl sites for hydroxylation is 1. The lowest BCUT2D eigenvalue weighted by Gasteiger charge is -2.20. The van der Waals surface area contributed by atoms with Gasteiger partial charge in [-0.2, -0.15) is 0 Å². The number of sulfonamides is 1. The van der Waals surface area contributed by atoms with E-state index in [1.54, 1.807) is 30.5 Å². The Labute approximate surface area is 193 Å². The van der Waals surface area contributed by atoms with Gasteiger partial charge in [-0.15, -0.1) is 0 Å². The number of amides is 1. The van der Waals surface area contributed by atoms with E-state index in [0.717, 1.165) is 5.56 Å². The zero-order valence-electron chi connectivity index (χ0n) is 18.3. The molecular formula is C25H24N4O3S. The lowest BCUT2D eigenvalue weighted by Crippen LogP contribution is -2.31. The van der Waals surface area contributed by atoms with Crippen LogP contribution in [0.4, 0.5) is 5.69 Å². The van der Waals surface area contributed by atoms with Crippen LogP contribution in [0.25, 0.3) is 0 Å². The molecule has 3 aromatic carbocycles. The molecule has 0 radical (unpaired) electrons. The van der Waals surface area contributed by atoms with E-state index >= 15 is 0 Å². The van der Waals surface area contributed by atoms with E-state index in [1.807, 2.05) is 54.2 Å². The van der Waals surface area contributed by atoms with Gasteiger partial charge in [-0.3, -0.25) is 9.10 Å². The highest BCUT2D eigenvalue weighted by atomic mass is 32.2. The summed E-state index contributed by atoms with van der Waals surface area (Å²) in [5.41, 5.74) is 1.80. The summed E-state index contributed by atoms with van der Waals surface area (Å²) in [6, 6.07) is 23.9. The Balaban J connectivity index is 1.57. The molecule has 0 aliphatic rings. The number of carbonyl (C=O) groups is 1. The lowest BCUT2D eigenvalue weighted by atomic mass is 10.1. The Hall–Kier alpha value is -3.91. The molecule has 1 atom stereocenters. The van der Waals surface area contributed by atoms with Crippen molar-refractivity contribution in [3.8, 4) is 0 Å². The van der Waals surface area contributed by atoms with Crippen LogP contribution < -0.4 is 9.62 Å². The smallest absolute Gasteiger partial charge is 0.264 e. The fourth-order valence-corrected chi connectivity index (χ4v) is 4.72. The molecule has 0 saturated carbocycles. The number of hydrogen-bond donors (Lipinski definition) is 1. The molecule has 0 aliphatic heterocycles. The van der Waals surface area contributed by atoms with Crippen molar-refractivity contribution in [3.05, 3.63) is 114 Å². The molecule has 33 heavy (non-hydrogen) atoms. The molecule has 4 rings (SSSR count). The van der Waals surface area contributed by atoms with Gasteiger partial charge < -0.3 is 9.88 Å². The van der Waals surface area contributed by atoms with E-state index in [9.17, 15) is 13.2 Å². The summed E-state index contributed by atoms with van der Waals surface area (Å²) >= 11 is 0. The number of benzene rings is 3. The lowest BCUT2D eigenvalue weighted by molar-refractivity contribution is 0.0941. The number of anilines is 1. The summed E-state index contributed by atoms with van der Waals surface area (Å²) in [4.78, 5) is 17.5. The van der Waals surface area contributed by atoms with E-state index < -0.39 is 16.1 Å². The van der Waals surface area contributed by atoms with Crippen LogP contribution in [0.5, 0.6) is 0 Å². The number of aromatic nitrogens is 2. The highest BCUT2D eigenvalue weighted by molar-refractivity contribution is 7.92. The van der Waals surface area contributed by atoms with Gasteiger partial charge in [0.05, 0.1) is 10.6 Å². The van der Waals surface area contributed by atoms with Gasteiger partial charge in [-0.05, 0) is 42.0 Å². The van der Waals surface area contributed by atoms with Gasteiger partial charge in [0.15, 0.2) is 0 Å². The second kappa shape index (κ2) is 9.30.